The molecule has 0 saturated carbocycles. The van der Waals surface area contributed by atoms with Gasteiger partial charge in [0.1, 0.15) is 0 Å². The fourth-order valence-corrected chi connectivity index (χ4v) is 4.44. The van der Waals surface area contributed by atoms with Crippen molar-refractivity contribution in [1.29, 1.82) is 0 Å². The zero-order valence-corrected chi connectivity index (χ0v) is 19.2. The minimum absolute atomic E-state index is 0.0368. The van der Waals surface area contributed by atoms with Crippen molar-refractivity contribution in [2.75, 3.05) is 25.1 Å². The lowest BCUT2D eigenvalue weighted by molar-refractivity contribution is -0.116. The lowest BCUT2D eigenvalue weighted by Crippen LogP contribution is -2.27. The number of fused-ring (bicyclic) bond motifs is 1. The summed E-state index contributed by atoms with van der Waals surface area (Å²) >= 11 is 0. The Morgan fingerprint density at radius 3 is 2.50 bits per heavy atom. The van der Waals surface area contributed by atoms with Gasteiger partial charge in [0.25, 0.3) is 5.56 Å². The van der Waals surface area contributed by atoms with E-state index in [9.17, 15) is 18.0 Å². The molecular weight excluding hydrogens is 458 g/mol. The van der Waals surface area contributed by atoms with Gasteiger partial charge in [0.15, 0.2) is 11.5 Å². The number of nitrogens with one attached hydrogen (secondary N) is 2. The third-order valence-corrected chi connectivity index (χ3v) is 6.62. The molecule has 0 fully saturated rings. The Labute approximate surface area is 197 Å². The van der Waals surface area contributed by atoms with E-state index >= 15 is 0 Å². The van der Waals surface area contributed by atoms with Gasteiger partial charge in [0, 0.05) is 43.4 Å². The first-order valence-electron chi connectivity index (χ1n) is 10.8. The molecule has 2 heterocycles. The van der Waals surface area contributed by atoms with Crippen LogP contribution >= 0.6 is 0 Å². The van der Waals surface area contributed by atoms with E-state index in [4.69, 9.17) is 9.47 Å². The summed E-state index contributed by atoms with van der Waals surface area (Å²) in [5, 5.41) is 2.74. The van der Waals surface area contributed by atoms with Gasteiger partial charge in [-0.3, -0.25) is 9.59 Å². The summed E-state index contributed by atoms with van der Waals surface area (Å²) in [7, 11) is -3.81. The second kappa shape index (κ2) is 10.5. The number of amides is 1. The van der Waals surface area contributed by atoms with Gasteiger partial charge >= 0.3 is 0 Å². The third kappa shape index (κ3) is 6.03. The van der Waals surface area contributed by atoms with Crippen molar-refractivity contribution in [1.82, 2.24) is 9.29 Å². The highest BCUT2D eigenvalue weighted by atomic mass is 32.2. The Bertz CT molecular complexity index is 1320. The second-order valence-corrected chi connectivity index (χ2v) is 9.49. The molecule has 3 aromatic rings. The number of pyridine rings is 1. The van der Waals surface area contributed by atoms with Gasteiger partial charge in [0.2, 0.25) is 15.9 Å². The molecule has 10 heteroatoms. The predicted molar refractivity (Wildman–Crippen MR) is 127 cm³/mol. The minimum atomic E-state index is -3.81. The molecule has 0 bridgehead atoms. The summed E-state index contributed by atoms with van der Waals surface area (Å²) in [6.07, 6.45) is 2.40. The zero-order valence-electron chi connectivity index (χ0n) is 18.4. The first-order chi connectivity index (χ1) is 16.4. The number of ether oxygens (including phenoxy) is 2. The Kier molecular flexibility index (Phi) is 7.29. The summed E-state index contributed by atoms with van der Waals surface area (Å²) in [6.45, 7) is 1.34. The summed E-state index contributed by atoms with van der Waals surface area (Å²) in [5.41, 5.74) is 1.41. The highest BCUT2D eigenvalue weighted by Crippen LogP contribution is 2.31. The van der Waals surface area contributed by atoms with Crippen molar-refractivity contribution in [3.05, 3.63) is 82.8 Å². The van der Waals surface area contributed by atoms with E-state index in [0.717, 1.165) is 12.0 Å². The topological polar surface area (TPSA) is 116 Å². The number of benzene rings is 2. The number of hydrogen-bond acceptors (Lipinski definition) is 6. The van der Waals surface area contributed by atoms with Crippen LogP contribution in [0.3, 0.4) is 0 Å². The number of nitrogens with zero attached hydrogens (tertiary/aromatic N) is 1. The van der Waals surface area contributed by atoms with Crippen LogP contribution in [0.1, 0.15) is 18.4 Å². The summed E-state index contributed by atoms with van der Waals surface area (Å²) in [5.74, 6) is 0.574. The maximum absolute atomic E-state index is 12.6. The number of sulfonamides is 1. The SMILES string of the molecule is O=C(CCNS(=O)(=O)c1ccc2c(c1)OCCCO2)Nc1ccc(Cn2ccccc2=O)cc1. The van der Waals surface area contributed by atoms with Crippen molar-refractivity contribution in [2.45, 2.75) is 24.3 Å². The van der Waals surface area contributed by atoms with Crippen LogP contribution in [0.25, 0.3) is 0 Å². The maximum Gasteiger partial charge on any atom is 0.250 e. The Morgan fingerprint density at radius 1 is 0.971 bits per heavy atom. The number of carbonyl (C=O) groups excluding carboxylic acids is 1. The molecule has 1 aliphatic heterocycles. The molecular formula is C24H25N3O6S. The van der Waals surface area contributed by atoms with Crippen molar-refractivity contribution in [3.8, 4) is 11.5 Å². The molecule has 0 spiro atoms. The van der Waals surface area contributed by atoms with E-state index in [-0.39, 0.29) is 29.3 Å². The van der Waals surface area contributed by atoms with Crippen LogP contribution in [0, 0.1) is 0 Å². The molecule has 0 aliphatic carbocycles. The van der Waals surface area contributed by atoms with Gasteiger partial charge < -0.3 is 19.4 Å². The zero-order chi connectivity index (χ0) is 24.0. The highest BCUT2D eigenvalue weighted by Gasteiger charge is 2.19. The molecule has 34 heavy (non-hydrogen) atoms. The first-order valence-corrected chi connectivity index (χ1v) is 12.3. The number of anilines is 1. The minimum Gasteiger partial charge on any atom is -0.490 e. The molecule has 2 aromatic carbocycles. The van der Waals surface area contributed by atoms with E-state index in [1.807, 2.05) is 12.1 Å². The van der Waals surface area contributed by atoms with Crippen LogP contribution in [0.4, 0.5) is 5.69 Å². The standard InChI is InChI=1S/C24H25N3O6S/c28-23(26-19-7-5-18(6-8-19)17-27-13-2-1-4-24(27)29)11-12-25-34(30,31)20-9-10-21-22(16-20)33-15-3-14-32-21/h1-2,4-10,13,16,25H,3,11-12,14-15,17H2,(H,26,28). The molecule has 0 radical (unpaired) electrons. The second-order valence-electron chi connectivity index (χ2n) is 7.72. The highest BCUT2D eigenvalue weighted by molar-refractivity contribution is 7.89. The summed E-state index contributed by atoms with van der Waals surface area (Å²) < 4.78 is 40.3. The fraction of sp³-hybridized carbons (Fsp3) is 0.250. The van der Waals surface area contributed by atoms with Crippen molar-refractivity contribution < 1.29 is 22.7 Å². The van der Waals surface area contributed by atoms with Crippen LogP contribution in [0.5, 0.6) is 11.5 Å². The average molecular weight is 484 g/mol. The van der Waals surface area contributed by atoms with Gasteiger partial charge in [-0.2, -0.15) is 0 Å². The van der Waals surface area contributed by atoms with Gasteiger partial charge in [0.05, 0.1) is 24.7 Å². The number of rotatable bonds is 8. The van der Waals surface area contributed by atoms with Crippen LogP contribution in [0.2, 0.25) is 0 Å². The number of carbonyl (C=O) groups is 1. The van der Waals surface area contributed by atoms with E-state index < -0.39 is 10.0 Å². The van der Waals surface area contributed by atoms with Crippen LogP contribution in [0.15, 0.2) is 76.6 Å². The molecule has 4 rings (SSSR count). The van der Waals surface area contributed by atoms with Crippen LogP contribution in [-0.2, 0) is 21.4 Å². The smallest absolute Gasteiger partial charge is 0.250 e. The van der Waals surface area contributed by atoms with Crippen molar-refractivity contribution in [2.24, 2.45) is 0 Å². The van der Waals surface area contributed by atoms with E-state index in [1.165, 1.54) is 18.2 Å². The van der Waals surface area contributed by atoms with Gasteiger partial charge in [-0.25, -0.2) is 13.1 Å². The van der Waals surface area contributed by atoms with E-state index in [2.05, 4.69) is 10.0 Å². The molecule has 1 aliphatic rings. The molecule has 1 amide bonds. The molecule has 178 valence electrons. The van der Waals surface area contributed by atoms with E-state index in [0.29, 0.717) is 36.9 Å². The molecule has 0 saturated heterocycles. The number of hydrogen-bond donors (Lipinski definition) is 2. The molecule has 0 atom stereocenters. The summed E-state index contributed by atoms with van der Waals surface area (Å²) in [6, 6.07) is 16.5. The molecule has 2 N–H and O–H groups in total. The monoisotopic (exact) mass is 483 g/mol. The normalized spacial score (nSPS) is 13.2. The van der Waals surface area contributed by atoms with Gasteiger partial charge in [-0.05, 0) is 35.9 Å². The Morgan fingerprint density at radius 2 is 1.74 bits per heavy atom. The number of aromatic nitrogens is 1. The maximum atomic E-state index is 12.6. The average Bonchev–Trinajstić information content (AvgIpc) is 3.07. The third-order valence-electron chi connectivity index (χ3n) is 5.16. The van der Waals surface area contributed by atoms with Crippen molar-refractivity contribution in [3.63, 3.8) is 0 Å². The fourth-order valence-electron chi connectivity index (χ4n) is 3.40. The van der Waals surface area contributed by atoms with Crippen molar-refractivity contribution >= 4 is 21.6 Å². The predicted octanol–water partition coefficient (Wildman–Crippen LogP) is 2.37. The quantitative estimate of drug-likeness (QED) is 0.508. The Hall–Kier alpha value is -3.63. The lowest BCUT2D eigenvalue weighted by Gasteiger charge is -2.11. The van der Waals surface area contributed by atoms with E-state index in [1.54, 1.807) is 41.1 Å². The van der Waals surface area contributed by atoms with Gasteiger partial charge in [-0.15, -0.1) is 0 Å². The molecule has 9 nitrogen and oxygen atoms in total. The first kappa shape index (κ1) is 23.5. The molecule has 1 aromatic heterocycles. The van der Waals surface area contributed by atoms with Gasteiger partial charge in [-0.1, -0.05) is 18.2 Å². The Balaban J connectivity index is 1.28. The summed E-state index contributed by atoms with van der Waals surface area (Å²) in [4.78, 5) is 24.1. The molecule has 0 unspecified atom stereocenters. The van der Waals surface area contributed by atoms with Crippen LogP contribution in [-0.4, -0.2) is 38.7 Å². The largest absolute Gasteiger partial charge is 0.490 e. The van der Waals surface area contributed by atoms with Crippen LogP contribution < -0.4 is 25.1 Å². The lowest BCUT2D eigenvalue weighted by atomic mass is 10.2.